The molecule has 0 saturated heterocycles. The van der Waals surface area contributed by atoms with Gasteiger partial charge in [-0.05, 0) is 27.7 Å². The largest absolute Gasteiger partial charge is 0.355 e. The lowest BCUT2D eigenvalue weighted by atomic mass is 10.1. The number of aromatic nitrogens is 3. The third-order valence-corrected chi connectivity index (χ3v) is 2.66. The highest BCUT2D eigenvalue weighted by Crippen LogP contribution is 1.99. The molecule has 0 aliphatic rings. The first kappa shape index (κ1) is 20.9. The third-order valence-electron chi connectivity index (χ3n) is 2.66. The Hall–Kier alpha value is -1.12. The van der Waals surface area contributed by atoms with Crippen LogP contribution in [0.1, 0.15) is 40.4 Å². The van der Waals surface area contributed by atoms with Crippen LogP contribution in [0.5, 0.6) is 0 Å². The minimum atomic E-state index is -0.0357. The number of hydrogen-bond donors (Lipinski definition) is 2. The van der Waals surface area contributed by atoms with E-state index in [4.69, 9.17) is 0 Å². The summed E-state index contributed by atoms with van der Waals surface area (Å²) < 4.78 is 2.06. The molecule has 1 heterocycles. The first-order valence-corrected chi connectivity index (χ1v) is 7.39. The summed E-state index contributed by atoms with van der Waals surface area (Å²) in [7, 11) is 0. The summed E-state index contributed by atoms with van der Waals surface area (Å²) in [4.78, 5) is 4.52. The van der Waals surface area contributed by atoms with Crippen molar-refractivity contribution >= 4 is 29.9 Å². The first-order valence-electron chi connectivity index (χ1n) is 7.39. The Morgan fingerprint density at radius 3 is 2.64 bits per heavy atom. The highest BCUT2D eigenvalue weighted by molar-refractivity contribution is 14.0. The molecule has 1 rings (SSSR count). The van der Waals surface area contributed by atoms with Crippen molar-refractivity contribution in [3.8, 4) is 0 Å². The second-order valence-corrected chi connectivity index (χ2v) is 6.22. The smallest absolute Gasteiger partial charge is 0.192 e. The van der Waals surface area contributed by atoms with Crippen LogP contribution >= 0.6 is 24.0 Å². The van der Waals surface area contributed by atoms with Gasteiger partial charge in [-0.2, -0.15) is 0 Å². The molecule has 0 saturated carbocycles. The monoisotopic (exact) mass is 420 g/mol. The van der Waals surface area contributed by atoms with Gasteiger partial charge in [-0.1, -0.05) is 19.1 Å². The maximum Gasteiger partial charge on any atom is 0.192 e. The van der Waals surface area contributed by atoms with Crippen molar-refractivity contribution in [2.75, 3.05) is 13.1 Å². The van der Waals surface area contributed by atoms with E-state index >= 15 is 0 Å². The molecule has 0 spiro atoms. The lowest BCUT2D eigenvalue weighted by Crippen LogP contribution is -2.48. The van der Waals surface area contributed by atoms with E-state index in [1.54, 1.807) is 6.33 Å². The van der Waals surface area contributed by atoms with E-state index in [2.05, 4.69) is 64.7 Å². The Balaban J connectivity index is 0.00000441. The molecule has 1 aromatic rings. The van der Waals surface area contributed by atoms with Gasteiger partial charge in [0.15, 0.2) is 5.96 Å². The summed E-state index contributed by atoms with van der Waals surface area (Å²) in [6, 6.07) is 0. The maximum absolute atomic E-state index is 4.52. The minimum Gasteiger partial charge on any atom is -0.355 e. The number of rotatable bonds is 6. The number of halogens is 1. The fourth-order valence-electron chi connectivity index (χ4n) is 1.74. The van der Waals surface area contributed by atoms with Crippen LogP contribution in [-0.4, -0.2) is 39.4 Å². The van der Waals surface area contributed by atoms with Crippen LogP contribution in [0.4, 0.5) is 0 Å². The normalized spacial score (nSPS) is 11.8. The molecule has 126 valence electrons. The zero-order chi connectivity index (χ0) is 15.9. The van der Waals surface area contributed by atoms with Crippen LogP contribution in [0.2, 0.25) is 0 Å². The molecule has 0 unspecified atom stereocenters. The van der Waals surface area contributed by atoms with E-state index in [9.17, 15) is 0 Å². The van der Waals surface area contributed by atoms with Crippen molar-refractivity contribution in [1.82, 2.24) is 25.4 Å². The fraction of sp³-hybridized carbons (Fsp3) is 0.667. The number of nitrogens with one attached hydrogen (secondary N) is 2. The molecule has 1 aromatic heterocycles. The van der Waals surface area contributed by atoms with E-state index in [1.807, 2.05) is 6.92 Å². The molecule has 7 heteroatoms. The zero-order valence-electron chi connectivity index (χ0n) is 14.3. The second kappa shape index (κ2) is 9.81. The van der Waals surface area contributed by atoms with Gasteiger partial charge in [-0.3, -0.25) is 0 Å². The summed E-state index contributed by atoms with van der Waals surface area (Å²) in [5.74, 6) is 1.80. The summed E-state index contributed by atoms with van der Waals surface area (Å²) in [6.45, 7) is 16.5. The Morgan fingerprint density at radius 1 is 1.41 bits per heavy atom. The predicted molar refractivity (Wildman–Crippen MR) is 103 cm³/mol. The molecule has 22 heavy (non-hydrogen) atoms. The predicted octanol–water partition coefficient (Wildman–Crippen LogP) is 2.37. The molecular formula is C15H29IN6. The molecule has 0 aliphatic heterocycles. The Bertz CT molecular complexity index is 486. The number of aryl methyl sites for hydroxylation is 1. The number of aliphatic imine (C=N–C) groups is 1. The third kappa shape index (κ3) is 8.35. The van der Waals surface area contributed by atoms with Crippen molar-refractivity contribution in [3.63, 3.8) is 0 Å². The zero-order valence-corrected chi connectivity index (χ0v) is 16.6. The van der Waals surface area contributed by atoms with Gasteiger partial charge >= 0.3 is 0 Å². The molecular weight excluding hydrogens is 391 g/mol. The fourth-order valence-corrected chi connectivity index (χ4v) is 1.74. The summed E-state index contributed by atoms with van der Waals surface area (Å²) in [5.41, 5.74) is 1.00. The molecule has 0 bridgehead atoms. The van der Waals surface area contributed by atoms with Gasteiger partial charge in [0.25, 0.3) is 0 Å². The highest BCUT2D eigenvalue weighted by atomic mass is 127. The van der Waals surface area contributed by atoms with Gasteiger partial charge in [0.1, 0.15) is 12.2 Å². The van der Waals surface area contributed by atoms with Crippen LogP contribution in [0.3, 0.4) is 0 Å². The molecule has 0 radical (unpaired) electrons. The van der Waals surface area contributed by atoms with E-state index in [-0.39, 0.29) is 29.5 Å². The van der Waals surface area contributed by atoms with Gasteiger partial charge in [-0.25, -0.2) is 4.99 Å². The Morgan fingerprint density at radius 2 is 2.09 bits per heavy atom. The molecule has 0 fully saturated rings. The molecule has 0 aromatic carbocycles. The maximum atomic E-state index is 4.52. The number of nitrogens with zero attached hydrogens (tertiary/aromatic N) is 4. The van der Waals surface area contributed by atoms with Gasteiger partial charge in [0.2, 0.25) is 0 Å². The van der Waals surface area contributed by atoms with Crippen molar-refractivity contribution in [2.24, 2.45) is 4.99 Å². The van der Waals surface area contributed by atoms with Crippen LogP contribution < -0.4 is 10.6 Å². The van der Waals surface area contributed by atoms with E-state index in [0.29, 0.717) is 6.54 Å². The molecule has 6 nitrogen and oxygen atoms in total. The summed E-state index contributed by atoms with van der Waals surface area (Å²) in [6.07, 6.45) is 2.65. The standard InChI is InChI=1S/C15H28N6.HI/c1-7-13-20-18-11-21(13)9-8-16-14(17-10-12(2)3)19-15(4,5)6;/h11H,2,7-10H2,1,3-6H3,(H2,16,17,19);1H. The van der Waals surface area contributed by atoms with E-state index < -0.39 is 0 Å². The van der Waals surface area contributed by atoms with Crippen molar-refractivity contribution in [3.05, 3.63) is 24.3 Å². The lowest BCUT2D eigenvalue weighted by Gasteiger charge is -2.24. The van der Waals surface area contributed by atoms with Crippen molar-refractivity contribution in [2.45, 2.75) is 53.1 Å². The average molecular weight is 420 g/mol. The van der Waals surface area contributed by atoms with Crippen LogP contribution in [0.15, 0.2) is 23.5 Å². The van der Waals surface area contributed by atoms with Gasteiger partial charge in [0, 0.05) is 25.0 Å². The van der Waals surface area contributed by atoms with Crippen LogP contribution in [0.25, 0.3) is 0 Å². The Kier molecular flexibility index (Phi) is 9.31. The van der Waals surface area contributed by atoms with Gasteiger partial charge < -0.3 is 15.2 Å². The van der Waals surface area contributed by atoms with Gasteiger partial charge in [0.05, 0.1) is 6.54 Å². The lowest BCUT2D eigenvalue weighted by molar-refractivity contribution is 0.498. The van der Waals surface area contributed by atoms with Crippen molar-refractivity contribution < 1.29 is 0 Å². The Labute approximate surface area is 150 Å². The number of hydrogen-bond acceptors (Lipinski definition) is 3. The SMILES string of the molecule is C=C(C)CN=C(NCCn1cnnc1CC)NC(C)(C)C.I. The highest BCUT2D eigenvalue weighted by Gasteiger charge is 2.12. The van der Waals surface area contributed by atoms with Gasteiger partial charge in [-0.15, -0.1) is 34.2 Å². The number of guanidine groups is 1. The minimum absolute atomic E-state index is 0. The topological polar surface area (TPSA) is 67.1 Å². The molecule has 2 N–H and O–H groups in total. The summed E-state index contributed by atoms with van der Waals surface area (Å²) in [5, 5.41) is 14.7. The average Bonchev–Trinajstić information content (AvgIpc) is 2.81. The second-order valence-electron chi connectivity index (χ2n) is 6.22. The summed E-state index contributed by atoms with van der Waals surface area (Å²) >= 11 is 0. The van der Waals surface area contributed by atoms with Crippen LogP contribution in [0, 0.1) is 0 Å². The van der Waals surface area contributed by atoms with Crippen LogP contribution in [-0.2, 0) is 13.0 Å². The molecule has 0 atom stereocenters. The first-order chi connectivity index (χ1) is 9.81. The van der Waals surface area contributed by atoms with Crippen molar-refractivity contribution in [1.29, 1.82) is 0 Å². The van der Waals surface area contributed by atoms with E-state index in [1.165, 1.54) is 0 Å². The molecule has 0 amide bonds. The van der Waals surface area contributed by atoms with E-state index in [0.717, 1.165) is 36.9 Å². The molecule has 0 aliphatic carbocycles. The quantitative estimate of drug-likeness (QED) is 0.321.